The Labute approximate surface area is 208 Å². The minimum absolute atomic E-state index is 0.0470. The molecule has 0 spiro atoms. The second kappa shape index (κ2) is 9.61. The molecule has 1 saturated heterocycles. The van der Waals surface area contributed by atoms with E-state index in [2.05, 4.69) is 21.7 Å². The van der Waals surface area contributed by atoms with Gasteiger partial charge in [0.25, 0.3) is 0 Å². The van der Waals surface area contributed by atoms with Gasteiger partial charge in [-0.2, -0.15) is 13.2 Å². The maximum absolute atomic E-state index is 12.8. The van der Waals surface area contributed by atoms with Gasteiger partial charge in [0, 0.05) is 31.4 Å². The molecule has 0 aliphatic carbocycles. The predicted octanol–water partition coefficient (Wildman–Crippen LogP) is 4.60. The first-order valence-electron chi connectivity index (χ1n) is 12.2. The van der Waals surface area contributed by atoms with Crippen LogP contribution in [-0.4, -0.2) is 58.3 Å². The fourth-order valence-corrected chi connectivity index (χ4v) is 5.43. The lowest BCUT2D eigenvalue weighted by Crippen LogP contribution is -2.45. The lowest BCUT2D eigenvalue weighted by Gasteiger charge is -2.36. The fourth-order valence-electron chi connectivity index (χ4n) is 5.43. The molecule has 1 amide bonds. The number of hydrogen-bond acceptors (Lipinski definition) is 4. The molecular weight excluding hydrogens is 469 g/mol. The van der Waals surface area contributed by atoms with Crippen LogP contribution in [0, 0.1) is 5.92 Å². The minimum atomic E-state index is -4.38. The van der Waals surface area contributed by atoms with Gasteiger partial charge in [0.05, 0.1) is 42.5 Å². The zero-order valence-corrected chi connectivity index (χ0v) is 20.0. The zero-order chi connectivity index (χ0) is 25.4. The summed E-state index contributed by atoms with van der Waals surface area (Å²) in [5.74, 6) is 0.0274. The Morgan fingerprint density at radius 2 is 1.83 bits per heavy atom. The molecule has 2 aliphatic heterocycles. The molecule has 0 radical (unpaired) electrons. The van der Waals surface area contributed by atoms with Crippen molar-refractivity contribution in [3.8, 4) is 11.3 Å². The van der Waals surface area contributed by atoms with Gasteiger partial charge in [-0.25, -0.2) is 4.98 Å². The van der Waals surface area contributed by atoms with Crippen LogP contribution in [0.3, 0.4) is 0 Å². The number of benzene rings is 2. The third-order valence-corrected chi connectivity index (χ3v) is 7.51. The molecule has 0 bridgehead atoms. The Balaban J connectivity index is 1.14. The number of carbonyl (C=O) groups is 1. The highest BCUT2D eigenvalue weighted by atomic mass is 19.4. The van der Waals surface area contributed by atoms with Crippen LogP contribution in [0.25, 0.3) is 11.3 Å². The number of hydrogen-bond donors (Lipinski definition) is 1. The zero-order valence-electron chi connectivity index (χ0n) is 20.0. The number of nitrogens with zero attached hydrogens (tertiary/aromatic N) is 4. The van der Waals surface area contributed by atoms with E-state index in [-0.39, 0.29) is 24.4 Å². The molecule has 2 aromatic carbocycles. The molecule has 0 saturated carbocycles. The molecule has 3 heterocycles. The van der Waals surface area contributed by atoms with Gasteiger partial charge in [0.2, 0.25) is 5.91 Å². The van der Waals surface area contributed by atoms with E-state index in [1.807, 2.05) is 24.7 Å². The summed E-state index contributed by atoms with van der Waals surface area (Å²) in [4.78, 5) is 20.6. The number of likely N-dealkylation sites (N-methyl/N-ethyl adjacent to an activating group) is 1. The summed E-state index contributed by atoms with van der Waals surface area (Å²) in [7, 11) is 1.70. The van der Waals surface area contributed by atoms with E-state index in [1.54, 1.807) is 16.8 Å². The molecule has 1 aromatic heterocycles. The third kappa shape index (κ3) is 4.72. The second-order valence-electron chi connectivity index (χ2n) is 9.71. The number of carbonyl (C=O) groups excluding carboxylic acids is 1. The maximum Gasteiger partial charge on any atom is 0.416 e. The average Bonchev–Trinajstić information content (AvgIpc) is 3.46. The van der Waals surface area contributed by atoms with E-state index < -0.39 is 17.8 Å². The van der Waals surface area contributed by atoms with Gasteiger partial charge in [-0.1, -0.05) is 24.3 Å². The summed E-state index contributed by atoms with van der Waals surface area (Å²) in [5, 5.41) is 11.1. The number of halogens is 3. The molecule has 5 rings (SSSR count). The largest absolute Gasteiger partial charge is 0.416 e. The monoisotopic (exact) mass is 498 g/mol. The van der Waals surface area contributed by atoms with Crippen molar-refractivity contribution in [2.75, 3.05) is 31.6 Å². The molecule has 6 nitrogen and oxygen atoms in total. The van der Waals surface area contributed by atoms with Gasteiger partial charge < -0.3 is 19.5 Å². The smallest absolute Gasteiger partial charge is 0.393 e. The lowest BCUT2D eigenvalue weighted by molar-refractivity contribution is -0.137. The van der Waals surface area contributed by atoms with Gasteiger partial charge in [-0.05, 0) is 55.0 Å². The topological polar surface area (TPSA) is 61.6 Å². The number of imidazole rings is 1. The Kier molecular flexibility index (Phi) is 6.51. The van der Waals surface area contributed by atoms with E-state index in [4.69, 9.17) is 0 Å². The average molecular weight is 499 g/mol. The van der Waals surface area contributed by atoms with Crippen LogP contribution in [0.15, 0.2) is 61.1 Å². The van der Waals surface area contributed by atoms with Crippen molar-refractivity contribution in [2.24, 2.45) is 5.92 Å². The summed E-state index contributed by atoms with van der Waals surface area (Å²) in [6.45, 7) is 1.19. The van der Waals surface area contributed by atoms with E-state index in [1.165, 1.54) is 17.7 Å². The molecule has 1 N–H and O–H groups in total. The quantitative estimate of drug-likeness (QED) is 0.540. The van der Waals surface area contributed by atoms with E-state index in [0.717, 1.165) is 23.4 Å². The van der Waals surface area contributed by atoms with E-state index in [0.29, 0.717) is 38.0 Å². The molecule has 3 aromatic rings. The number of fused-ring (bicyclic) bond motifs is 3. The van der Waals surface area contributed by atoms with Crippen molar-refractivity contribution in [3.05, 3.63) is 72.2 Å². The van der Waals surface area contributed by atoms with Gasteiger partial charge in [0.1, 0.15) is 0 Å². The van der Waals surface area contributed by atoms with Crippen molar-refractivity contribution in [3.63, 3.8) is 0 Å². The van der Waals surface area contributed by atoms with E-state index in [9.17, 15) is 23.1 Å². The summed E-state index contributed by atoms with van der Waals surface area (Å²) in [6.07, 6.45) is 0.811. The third-order valence-electron chi connectivity index (χ3n) is 7.51. The Morgan fingerprint density at radius 3 is 2.53 bits per heavy atom. The second-order valence-corrected chi connectivity index (χ2v) is 9.71. The number of likely N-dealkylation sites (tertiary alicyclic amines) is 1. The van der Waals surface area contributed by atoms with Gasteiger partial charge in [-0.15, -0.1) is 0 Å². The Hall–Kier alpha value is -3.33. The van der Waals surface area contributed by atoms with Crippen LogP contribution < -0.4 is 4.90 Å². The van der Waals surface area contributed by atoms with Gasteiger partial charge in [0.15, 0.2) is 0 Å². The first-order chi connectivity index (χ1) is 17.2. The van der Waals surface area contributed by atoms with Crippen LogP contribution in [0.1, 0.15) is 36.4 Å². The highest BCUT2D eigenvalue weighted by molar-refractivity contribution is 5.81. The van der Waals surface area contributed by atoms with Crippen LogP contribution in [0.5, 0.6) is 0 Å². The number of anilines is 1. The van der Waals surface area contributed by atoms with E-state index >= 15 is 0 Å². The van der Waals surface area contributed by atoms with Crippen LogP contribution in [0.2, 0.25) is 0 Å². The predicted molar refractivity (Wildman–Crippen MR) is 130 cm³/mol. The summed E-state index contributed by atoms with van der Waals surface area (Å²) in [6, 6.07) is 13.1. The van der Waals surface area contributed by atoms with Crippen LogP contribution in [-0.2, 0) is 11.0 Å². The number of aromatic nitrogens is 2. The molecule has 2 aliphatic rings. The number of piperidine rings is 1. The highest BCUT2D eigenvalue weighted by Crippen LogP contribution is 2.42. The Bertz CT molecular complexity index is 1220. The fraction of sp³-hybridized carbons (Fsp3) is 0.407. The van der Waals surface area contributed by atoms with Crippen LogP contribution in [0.4, 0.5) is 18.9 Å². The normalized spacial score (nSPS) is 18.6. The number of aliphatic hydroxyl groups is 1. The van der Waals surface area contributed by atoms with Crippen molar-refractivity contribution in [1.29, 1.82) is 0 Å². The van der Waals surface area contributed by atoms with Crippen molar-refractivity contribution in [1.82, 2.24) is 14.5 Å². The molecule has 36 heavy (non-hydrogen) atoms. The van der Waals surface area contributed by atoms with Crippen LogP contribution >= 0.6 is 0 Å². The van der Waals surface area contributed by atoms with Crippen molar-refractivity contribution >= 4 is 11.6 Å². The highest BCUT2D eigenvalue weighted by Gasteiger charge is 2.34. The Morgan fingerprint density at radius 1 is 1.14 bits per heavy atom. The molecule has 9 heteroatoms. The van der Waals surface area contributed by atoms with Crippen molar-refractivity contribution in [2.45, 2.75) is 37.6 Å². The van der Waals surface area contributed by atoms with Crippen molar-refractivity contribution < 1.29 is 23.1 Å². The maximum atomic E-state index is 12.8. The SMILES string of the molecule is CN(CC(=O)N1CCC(C(O)CC2c3ccccc3-c3cncn32)CC1)c1ccc(C(F)(F)F)cc1. The molecule has 190 valence electrons. The standard InChI is InChI=1S/C27H29F3N4O2/c1-32(20-8-6-19(7-9-20)27(28,29)30)16-26(36)33-12-10-18(11-13-33)25(35)14-23-21-4-2-3-5-22(21)24-15-31-17-34(23)24/h2-9,15,17-18,23,25,35H,10-14,16H2,1H3. The number of rotatable bonds is 6. The number of amides is 1. The summed E-state index contributed by atoms with van der Waals surface area (Å²) in [5.41, 5.74) is 3.27. The molecule has 2 unspecified atom stereocenters. The first kappa shape index (κ1) is 24.4. The summed E-state index contributed by atoms with van der Waals surface area (Å²) >= 11 is 0. The van der Waals surface area contributed by atoms with Gasteiger partial charge in [-0.3, -0.25) is 4.79 Å². The number of alkyl halides is 3. The summed E-state index contributed by atoms with van der Waals surface area (Å²) < 4.78 is 40.5. The lowest BCUT2D eigenvalue weighted by atomic mass is 9.86. The molecule has 1 fully saturated rings. The number of aliphatic hydroxyl groups excluding tert-OH is 1. The van der Waals surface area contributed by atoms with Gasteiger partial charge >= 0.3 is 6.18 Å². The molecule has 2 atom stereocenters. The minimum Gasteiger partial charge on any atom is -0.393 e. The first-order valence-corrected chi connectivity index (χ1v) is 12.2. The molecular formula is C27H29F3N4O2.